The van der Waals surface area contributed by atoms with E-state index in [0.717, 1.165) is 30.9 Å². The molecule has 0 spiro atoms. The second kappa shape index (κ2) is 8.05. The van der Waals surface area contributed by atoms with Crippen LogP contribution >= 0.6 is 11.3 Å². The third-order valence-electron chi connectivity index (χ3n) is 3.43. The number of hydrogen-bond donors (Lipinski definition) is 1. The number of ether oxygens (including phenoxy) is 2. The molecule has 0 aliphatic rings. The minimum Gasteiger partial charge on any atom is -0.497 e. The maximum atomic E-state index is 5.32. The van der Waals surface area contributed by atoms with Crippen LogP contribution in [-0.2, 0) is 6.54 Å². The molecule has 1 heterocycles. The van der Waals surface area contributed by atoms with Gasteiger partial charge in [0, 0.05) is 23.5 Å². The molecule has 0 amide bonds. The molecule has 3 nitrogen and oxygen atoms in total. The van der Waals surface area contributed by atoms with Gasteiger partial charge in [-0.15, -0.1) is 11.3 Å². The third kappa shape index (κ3) is 4.48. The lowest BCUT2D eigenvalue weighted by Crippen LogP contribution is -2.20. The summed E-state index contributed by atoms with van der Waals surface area (Å²) in [5.74, 6) is 1.66. The molecule has 0 aliphatic heterocycles. The maximum absolute atomic E-state index is 5.32. The fourth-order valence-corrected chi connectivity index (χ4v) is 3.17. The lowest BCUT2D eigenvalue weighted by atomic mass is 10.1. The Morgan fingerprint density at radius 2 is 1.86 bits per heavy atom. The predicted octanol–water partition coefficient (Wildman–Crippen LogP) is 4.40. The van der Waals surface area contributed by atoms with E-state index in [0.29, 0.717) is 6.04 Å². The quantitative estimate of drug-likeness (QED) is 0.784. The van der Waals surface area contributed by atoms with Crippen molar-refractivity contribution >= 4 is 11.3 Å². The maximum Gasteiger partial charge on any atom is 0.122 e. The Bertz CT molecular complexity index is 517. The average molecular weight is 305 g/mol. The van der Waals surface area contributed by atoms with Gasteiger partial charge in [0.05, 0.1) is 14.2 Å². The molecule has 0 saturated heterocycles. The average Bonchev–Trinajstić information content (AvgIpc) is 3.05. The second-order valence-corrected chi connectivity index (χ2v) is 5.94. The van der Waals surface area contributed by atoms with Crippen molar-refractivity contribution in [3.63, 3.8) is 0 Å². The summed E-state index contributed by atoms with van der Waals surface area (Å²) < 4.78 is 10.6. The van der Waals surface area contributed by atoms with Crippen LogP contribution in [0.25, 0.3) is 0 Å². The van der Waals surface area contributed by atoms with Crippen LogP contribution in [0.2, 0.25) is 0 Å². The molecule has 1 atom stereocenters. The van der Waals surface area contributed by atoms with Gasteiger partial charge >= 0.3 is 0 Å². The first-order valence-electron chi connectivity index (χ1n) is 7.25. The molecule has 114 valence electrons. The van der Waals surface area contributed by atoms with Crippen LogP contribution in [0.1, 0.15) is 36.2 Å². The van der Waals surface area contributed by atoms with E-state index in [1.165, 1.54) is 10.4 Å². The van der Waals surface area contributed by atoms with Gasteiger partial charge in [0.1, 0.15) is 11.5 Å². The number of hydrogen-bond acceptors (Lipinski definition) is 4. The van der Waals surface area contributed by atoms with Crippen LogP contribution in [-0.4, -0.2) is 14.2 Å². The van der Waals surface area contributed by atoms with Crippen LogP contribution in [0.3, 0.4) is 0 Å². The molecule has 2 aromatic rings. The zero-order valence-electron chi connectivity index (χ0n) is 12.9. The van der Waals surface area contributed by atoms with E-state index in [1.807, 2.05) is 29.5 Å². The Morgan fingerprint density at radius 3 is 2.38 bits per heavy atom. The van der Waals surface area contributed by atoms with Crippen molar-refractivity contribution < 1.29 is 9.47 Å². The first-order valence-corrected chi connectivity index (χ1v) is 8.13. The number of thiophene rings is 1. The Labute approximate surface area is 130 Å². The van der Waals surface area contributed by atoms with E-state index in [2.05, 4.69) is 29.8 Å². The molecule has 0 bridgehead atoms. The van der Waals surface area contributed by atoms with Crippen LogP contribution in [0.5, 0.6) is 11.5 Å². The summed E-state index contributed by atoms with van der Waals surface area (Å²) in [4.78, 5) is 1.40. The van der Waals surface area contributed by atoms with Crippen molar-refractivity contribution in [1.29, 1.82) is 0 Å². The van der Waals surface area contributed by atoms with Crippen molar-refractivity contribution in [2.75, 3.05) is 14.2 Å². The number of benzene rings is 1. The zero-order chi connectivity index (χ0) is 15.1. The summed E-state index contributed by atoms with van der Waals surface area (Å²) in [6.07, 6.45) is 2.30. The fourth-order valence-electron chi connectivity index (χ4n) is 2.33. The minimum atomic E-state index is 0.409. The van der Waals surface area contributed by atoms with Gasteiger partial charge in [0.2, 0.25) is 0 Å². The molecule has 0 radical (unpaired) electrons. The summed E-state index contributed by atoms with van der Waals surface area (Å²) in [6, 6.07) is 10.7. The fraction of sp³-hybridized carbons (Fsp3) is 0.412. The monoisotopic (exact) mass is 305 g/mol. The van der Waals surface area contributed by atoms with Crippen molar-refractivity contribution in [3.05, 3.63) is 46.2 Å². The molecule has 0 fully saturated rings. The lowest BCUT2D eigenvalue weighted by molar-refractivity contribution is 0.392. The summed E-state index contributed by atoms with van der Waals surface area (Å²) >= 11 is 1.81. The molecule has 1 N–H and O–H groups in total. The van der Waals surface area contributed by atoms with Crippen molar-refractivity contribution in [1.82, 2.24) is 5.32 Å². The lowest BCUT2D eigenvalue weighted by Gasteiger charge is -2.17. The highest BCUT2D eigenvalue weighted by molar-refractivity contribution is 7.10. The van der Waals surface area contributed by atoms with Gasteiger partial charge in [0.15, 0.2) is 0 Å². The van der Waals surface area contributed by atoms with Crippen LogP contribution < -0.4 is 14.8 Å². The Hall–Kier alpha value is -1.52. The van der Waals surface area contributed by atoms with Gasteiger partial charge < -0.3 is 14.8 Å². The normalized spacial score (nSPS) is 12.1. The second-order valence-electron chi connectivity index (χ2n) is 4.96. The zero-order valence-corrected chi connectivity index (χ0v) is 13.7. The summed E-state index contributed by atoms with van der Waals surface area (Å²) in [5.41, 5.74) is 1.17. The van der Waals surface area contributed by atoms with Crippen LogP contribution in [0.15, 0.2) is 35.7 Å². The highest BCUT2D eigenvalue weighted by atomic mass is 32.1. The highest BCUT2D eigenvalue weighted by Gasteiger charge is 2.11. The number of rotatable bonds is 8. The molecule has 21 heavy (non-hydrogen) atoms. The SMILES string of the molecule is CCCC(NCc1cc(OC)cc(OC)c1)c1cccs1. The highest BCUT2D eigenvalue weighted by Crippen LogP contribution is 2.26. The van der Waals surface area contributed by atoms with Crippen LogP contribution in [0, 0.1) is 0 Å². The van der Waals surface area contributed by atoms with Crippen molar-refractivity contribution in [2.45, 2.75) is 32.4 Å². The van der Waals surface area contributed by atoms with E-state index in [4.69, 9.17) is 9.47 Å². The molecule has 0 aliphatic carbocycles. The Kier molecular flexibility index (Phi) is 6.08. The van der Waals surface area contributed by atoms with E-state index >= 15 is 0 Å². The standard InChI is InChI=1S/C17H23NO2S/c1-4-6-16(17-7-5-8-21-17)18-12-13-9-14(19-2)11-15(10-13)20-3/h5,7-11,16,18H,4,6,12H2,1-3H3. The molecular formula is C17H23NO2S. The first kappa shape index (κ1) is 15.9. The number of nitrogens with one attached hydrogen (secondary N) is 1. The van der Waals surface area contributed by atoms with Gasteiger partial charge in [-0.25, -0.2) is 0 Å². The van der Waals surface area contributed by atoms with E-state index in [1.54, 1.807) is 14.2 Å². The number of methoxy groups -OCH3 is 2. The largest absolute Gasteiger partial charge is 0.497 e. The summed E-state index contributed by atoms with van der Waals surface area (Å²) in [7, 11) is 3.36. The minimum absolute atomic E-state index is 0.409. The van der Waals surface area contributed by atoms with E-state index in [-0.39, 0.29) is 0 Å². The molecule has 2 rings (SSSR count). The van der Waals surface area contributed by atoms with E-state index in [9.17, 15) is 0 Å². The Balaban J connectivity index is 2.06. The molecule has 0 saturated carbocycles. The predicted molar refractivity (Wildman–Crippen MR) is 88.4 cm³/mol. The van der Waals surface area contributed by atoms with Gasteiger partial charge in [-0.1, -0.05) is 19.4 Å². The molecule has 4 heteroatoms. The van der Waals surface area contributed by atoms with Gasteiger partial charge in [-0.3, -0.25) is 0 Å². The molecular weight excluding hydrogens is 282 g/mol. The smallest absolute Gasteiger partial charge is 0.122 e. The summed E-state index contributed by atoms with van der Waals surface area (Å²) in [5, 5.41) is 5.77. The van der Waals surface area contributed by atoms with Gasteiger partial charge in [-0.05, 0) is 35.6 Å². The van der Waals surface area contributed by atoms with E-state index < -0.39 is 0 Å². The summed E-state index contributed by atoms with van der Waals surface area (Å²) in [6.45, 7) is 3.02. The van der Waals surface area contributed by atoms with Crippen molar-refractivity contribution in [3.8, 4) is 11.5 Å². The Morgan fingerprint density at radius 1 is 1.14 bits per heavy atom. The molecule has 1 unspecified atom stereocenters. The van der Waals surface area contributed by atoms with Gasteiger partial charge in [0.25, 0.3) is 0 Å². The van der Waals surface area contributed by atoms with Crippen LogP contribution in [0.4, 0.5) is 0 Å². The van der Waals surface area contributed by atoms with Crippen molar-refractivity contribution in [2.24, 2.45) is 0 Å². The molecule has 1 aromatic heterocycles. The molecule has 1 aromatic carbocycles. The third-order valence-corrected chi connectivity index (χ3v) is 4.41. The first-order chi connectivity index (χ1) is 10.3. The topological polar surface area (TPSA) is 30.5 Å². The van der Waals surface area contributed by atoms with Gasteiger partial charge in [-0.2, -0.15) is 0 Å².